The normalized spacial score (nSPS) is 12.4. The first-order chi connectivity index (χ1) is 9.61. The van der Waals surface area contributed by atoms with E-state index in [0.29, 0.717) is 11.1 Å². The number of hydrogen-bond acceptors (Lipinski definition) is 1. The third-order valence-electron chi connectivity index (χ3n) is 3.33. The van der Waals surface area contributed by atoms with Crippen LogP contribution >= 0.6 is 0 Å². The van der Waals surface area contributed by atoms with Gasteiger partial charge < -0.3 is 5.32 Å². The van der Waals surface area contributed by atoms with Crippen LogP contribution in [0.3, 0.4) is 0 Å². The molecule has 2 aromatic carbocycles. The zero-order chi connectivity index (χ0) is 14.5. The average Bonchev–Trinajstić information content (AvgIpc) is 2.47. The summed E-state index contributed by atoms with van der Waals surface area (Å²) in [6.45, 7) is 5.11. The molecule has 106 valence electrons. The summed E-state index contributed by atoms with van der Waals surface area (Å²) < 4.78 is 27.1. The molecule has 0 aliphatic carbocycles. The maximum Gasteiger partial charge on any atom is 0.131 e. The molecular formula is C17H19F2N. The summed E-state index contributed by atoms with van der Waals surface area (Å²) >= 11 is 0. The van der Waals surface area contributed by atoms with E-state index in [1.807, 2.05) is 18.2 Å². The molecule has 1 nitrogen and oxygen atoms in total. The number of rotatable bonds is 5. The molecule has 1 atom stereocenters. The van der Waals surface area contributed by atoms with Crippen LogP contribution in [-0.4, -0.2) is 6.54 Å². The highest BCUT2D eigenvalue weighted by Gasteiger charge is 2.09. The first-order valence-electron chi connectivity index (χ1n) is 6.90. The molecule has 0 saturated carbocycles. The van der Waals surface area contributed by atoms with Crippen LogP contribution in [0.15, 0.2) is 42.5 Å². The molecule has 0 fully saturated rings. The Morgan fingerprint density at radius 3 is 2.65 bits per heavy atom. The van der Waals surface area contributed by atoms with Crippen LogP contribution in [0, 0.1) is 11.6 Å². The van der Waals surface area contributed by atoms with Gasteiger partial charge in [-0.1, -0.05) is 25.1 Å². The second-order valence-corrected chi connectivity index (χ2v) is 4.93. The van der Waals surface area contributed by atoms with Crippen molar-refractivity contribution < 1.29 is 8.78 Å². The van der Waals surface area contributed by atoms with Gasteiger partial charge in [0, 0.05) is 11.6 Å². The van der Waals surface area contributed by atoms with Gasteiger partial charge in [-0.2, -0.15) is 0 Å². The van der Waals surface area contributed by atoms with E-state index < -0.39 is 11.6 Å². The maximum absolute atomic E-state index is 13.8. The molecule has 0 heterocycles. The van der Waals surface area contributed by atoms with E-state index in [1.165, 1.54) is 6.07 Å². The van der Waals surface area contributed by atoms with Crippen LogP contribution < -0.4 is 5.32 Å². The lowest BCUT2D eigenvalue weighted by molar-refractivity contribution is 0.570. The lowest BCUT2D eigenvalue weighted by Gasteiger charge is -2.15. The van der Waals surface area contributed by atoms with Crippen LogP contribution in [0.25, 0.3) is 11.1 Å². The molecule has 2 rings (SSSR count). The van der Waals surface area contributed by atoms with E-state index in [2.05, 4.69) is 19.2 Å². The molecule has 0 spiro atoms. The van der Waals surface area contributed by atoms with Crippen LogP contribution in [-0.2, 0) is 0 Å². The second-order valence-electron chi connectivity index (χ2n) is 4.93. The Bertz CT molecular complexity index is 581. The summed E-state index contributed by atoms with van der Waals surface area (Å²) in [7, 11) is 0. The van der Waals surface area contributed by atoms with Crippen molar-refractivity contribution in [2.24, 2.45) is 0 Å². The fourth-order valence-electron chi connectivity index (χ4n) is 2.17. The minimum absolute atomic E-state index is 0.187. The number of nitrogens with one attached hydrogen (secondary N) is 1. The zero-order valence-corrected chi connectivity index (χ0v) is 11.8. The van der Waals surface area contributed by atoms with Crippen molar-refractivity contribution >= 4 is 0 Å². The number of benzene rings is 2. The highest BCUT2D eigenvalue weighted by Crippen LogP contribution is 2.26. The van der Waals surface area contributed by atoms with E-state index in [9.17, 15) is 8.78 Å². The molecule has 0 saturated heterocycles. The van der Waals surface area contributed by atoms with Crippen molar-refractivity contribution in [3.05, 3.63) is 59.7 Å². The van der Waals surface area contributed by atoms with Gasteiger partial charge in [0.1, 0.15) is 11.6 Å². The van der Waals surface area contributed by atoms with Crippen molar-refractivity contribution in [1.29, 1.82) is 0 Å². The van der Waals surface area contributed by atoms with Crippen molar-refractivity contribution in [2.45, 2.75) is 26.3 Å². The van der Waals surface area contributed by atoms with Gasteiger partial charge in [-0.3, -0.25) is 0 Å². The SMILES string of the molecule is CCCNC(C)c1cccc(-c2cc(F)ccc2F)c1. The molecule has 3 heteroatoms. The summed E-state index contributed by atoms with van der Waals surface area (Å²) in [5, 5.41) is 3.39. The largest absolute Gasteiger partial charge is 0.310 e. The summed E-state index contributed by atoms with van der Waals surface area (Å²) in [4.78, 5) is 0. The summed E-state index contributed by atoms with van der Waals surface area (Å²) in [6.07, 6.45) is 1.06. The third kappa shape index (κ3) is 3.42. The Hall–Kier alpha value is -1.74. The number of hydrogen-bond donors (Lipinski definition) is 1. The molecule has 0 aliphatic heterocycles. The smallest absolute Gasteiger partial charge is 0.131 e. The van der Waals surface area contributed by atoms with Gasteiger partial charge in [0.2, 0.25) is 0 Å². The van der Waals surface area contributed by atoms with Gasteiger partial charge in [0.25, 0.3) is 0 Å². The molecule has 0 amide bonds. The quantitative estimate of drug-likeness (QED) is 0.834. The van der Waals surface area contributed by atoms with Crippen molar-refractivity contribution in [2.75, 3.05) is 6.54 Å². The first kappa shape index (κ1) is 14.7. The van der Waals surface area contributed by atoms with Gasteiger partial charge in [0.05, 0.1) is 0 Å². The molecule has 20 heavy (non-hydrogen) atoms. The van der Waals surface area contributed by atoms with Crippen molar-refractivity contribution in [1.82, 2.24) is 5.32 Å². The summed E-state index contributed by atoms with van der Waals surface area (Å²) in [6, 6.07) is 11.3. The zero-order valence-electron chi connectivity index (χ0n) is 11.8. The van der Waals surface area contributed by atoms with Crippen LogP contribution in [0.5, 0.6) is 0 Å². The highest BCUT2D eigenvalue weighted by atomic mass is 19.1. The van der Waals surface area contributed by atoms with Gasteiger partial charge >= 0.3 is 0 Å². The fraction of sp³-hybridized carbons (Fsp3) is 0.294. The van der Waals surface area contributed by atoms with Crippen molar-refractivity contribution in [3.63, 3.8) is 0 Å². The van der Waals surface area contributed by atoms with E-state index in [0.717, 1.165) is 30.7 Å². The second kappa shape index (κ2) is 6.62. The van der Waals surface area contributed by atoms with Crippen LogP contribution in [0.2, 0.25) is 0 Å². The van der Waals surface area contributed by atoms with E-state index >= 15 is 0 Å². The first-order valence-corrected chi connectivity index (χ1v) is 6.90. The topological polar surface area (TPSA) is 12.0 Å². The molecule has 0 aliphatic rings. The molecule has 2 aromatic rings. The predicted molar refractivity (Wildman–Crippen MR) is 78.5 cm³/mol. The Labute approximate surface area is 118 Å². The summed E-state index contributed by atoms with van der Waals surface area (Å²) in [5.74, 6) is -0.832. The van der Waals surface area contributed by atoms with Gasteiger partial charge in [-0.15, -0.1) is 0 Å². The van der Waals surface area contributed by atoms with E-state index in [1.54, 1.807) is 6.07 Å². The highest BCUT2D eigenvalue weighted by molar-refractivity contribution is 5.65. The lowest BCUT2D eigenvalue weighted by atomic mass is 9.99. The van der Waals surface area contributed by atoms with Gasteiger partial charge in [-0.05, 0) is 55.3 Å². The fourth-order valence-corrected chi connectivity index (χ4v) is 2.17. The Morgan fingerprint density at radius 1 is 1.10 bits per heavy atom. The van der Waals surface area contributed by atoms with Crippen molar-refractivity contribution in [3.8, 4) is 11.1 Å². The Morgan fingerprint density at radius 2 is 1.90 bits per heavy atom. The predicted octanol–water partition coefficient (Wildman–Crippen LogP) is 4.69. The van der Waals surface area contributed by atoms with E-state index in [-0.39, 0.29) is 6.04 Å². The van der Waals surface area contributed by atoms with Gasteiger partial charge in [-0.25, -0.2) is 8.78 Å². The summed E-state index contributed by atoms with van der Waals surface area (Å²) in [5.41, 5.74) is 2.07. The molecule has 0 radical (unpaired) electrons. The van der Waals surface area contributed by atoms with E-state index in [4.69, 9.17) is 0 Å². The molecule has 1 unspecified atom stereocenters. The van der Waals surface area contributed by atoms with Crippen LogP contribution in [0.1, 0.15) is 31.9 Å². The minimum Gasteiger partial charge on any atom is -0.310 e. The number of halogens is 2. The monoisotopic (exact) mass is 275 g/mol. The standard InChI is InChI=1S/C17H19F2N/c1-3-9-20-12(2)13-5-4-6-14(10-13)16-11-15(18)7-8-17(16)19/h4-8,10-12,20H,3,9H2,1-2H3. The van der Waals surface area contributed by atoms with Gasteiger partial charge in [0.15, 0.2) is 0 Å². The third-order valence-corrected chi connectivity index (χ3v) is 3.33. The lowest BCUT2D eigenvalue weighted by Crippen LogP contribution is -2.19. The molecule has 0 aromatic heterocycles. The molecule has 0 bridgehead atoms. The maximum atomic E-state index is 13.8. The Balaban J connectivity index is 2.31. The Kier molecular flexibility index (Phi) is 4.85. The molecule has 1 N–H and O–H groups in total. The van der Waals surface area contributed by atoms with Crippen LogP contribution in [0.4, 0.5) is 8.78 Å². The minimum atomic E-state index is -0.427. The average molecular weight is 275 g/mol. The molecular weight excluding hydrogens is 256 g/mol.